The van der Waals surface area contributed by atoms with Gasteiger partial charge >= 0.3 is 0 Å². The maximum absolute atomic E-state index is 12.5. The van der Waals surface area contributed by atoms with Gasteiger partial charge in [0.15, 0.2) is 6.10 Å². The largest absolute Gasteiger partial charge is 0.497 e. The third-order valence-corrected chi connectivity index (χ3v) is 4.50. The molecule has 154 valence electrons. The molecule has 2 N–H and O–H groups in total. The first-order chi connectivity index (χ1) is 14.0. The van der Waals surface area contributed by atoms with Gasteiger partial charge in [-0.1, -0.05) is 12.1 Å². The van der Waals surface area contributed by atoms with E-state index in [0.29, 0.717) is 44.3 Å². The van der Waals surface area contributed by atoms with Crippen LogP contribution in [0.25, 0.3) is 0 Å². The lowest BCUT2D eigenvalue weighted by Crippen LogP contribution is -2.50. The van der Waals surface area contributed by atoms with Crippen molar-refractivity contribution in [1.82, 2.24) is 20.6 Å². The number of nitrogens with one attached hydrogen (secondary N) is 2. The van der Waals surface area contributed by atoms with Gasteiger partial charge in [0.1, 0.15) is 11.6 Å². The molecule has 1 aliphatic rings. The molecule has 3 rings (SSSR count). The Balaban J connectivity index is 1.56. The summed E-state index contributed by atoms with van der Waals surface area (Å²) in [6.45, 7) is 3.58. The Morgan fingerprint density at radius 3 is 2.72 bits per heavy atom. The lowest BCUT2D eigenvalue weighted by molar-refractivity contribution is -0.133. The smallest absolute Gasteiger partial charge is 0.251 e. The van der Waals surface area contributed by atoms with Gasteiger partial charge in [0.25, 0.3) is 5.91 Å². The molecule has 1 aliphatic heterocycles. The van der Waals surface area contributed by atoms with Crippen LogP contribution in [-0.2, 0) is 27.4 Å². The molecule has 1 unspecified atom stereocenters. The maximum atomic E-state index is 12.5. The van der Waals surface area contributed by atoms with Gasteiger partial charge in [0, 0.05) is 20.0 Å². The van der Waals surface area contributed by atoms with Gasteiger partial charge in [-0.2, -0.15) is 0 Å². The van der Waals surface area contributed by atoms with E-state index in [2.05, 4.69) is 20.6 Å². The van der Waals surface area contributed by atoms with E-state index in [0.717, 1.165) is 11.3 Å². The predicted molar refractivity (Wildman–Crippen MR) is 106 cm³/mol. The third-order valence-electron chi connectivity index (χ3n) is 4.50. The van der Waals surface area contributed by atoms with Crippen LogP contribution in [0, 0.1) is 0 Å². The number of nitrogens with zero attached hydrogens (tertiary/aromatic N) is 3. The molecule has 2 heterocycles. The molecule has 0 radical (unpaired) electrons. The van der Waals surface area contributed by atoms with Gasteiger partial charge in [0.05, 0.1) is 44.9 Å². The summed E-state index contributed by atoms with van der Waals surface area (Å²) < 4.78 is 10.8. The molecule has 1 saturated heterocycles. The zero-order valence-corrected chi connectivity index (χ0v) is 16.6. The van der Waals surface area contributed by atoms with E-state index in [1.807, 2.05) is 29.2 Å². The Morgan fingerprint density at radius 2 is 2.00 bits per heavy atom. The summed E-state index contributed by atoms with van der Waals surface area (Å²) in [6.07, 6.45) is 2.66. The highest BCUT2D eigenvalue weighted by atomic mass is 16.5. The van der Waals surface area contributed by atoms with Crippen molar-refractivity contribution in [2.45, 2.75) is 26.1 Å². The number of morpholine rings is 1. The van der Waals surface area contributed by atoms with E-state index >= 15 is 0 Å². The standard InChI is InChI=1S/C20H25N5O4/c1-14(26)22-11-16-10-21-12-19(24-16)25-7-8-29-18(13-25)20(27)23-9-15-3-5-17(28-2)6-4-15/h3-6,10,12,18H,7-9,11,13H2,1-2H3,(H,22,26)(H,23,27). The normalized spacial score (nSPS) is 16.2. The van der Waals surface area contributed by atoms with Crippen molar-refractivity contribution in [3.63, 3.8) is 0 Å². The van der Waals surface area contributed by atoms with Crippen LogP contribution in [-0.4, -0.2) is 54.7 Å². The minimum absolute atomic E-state index is 0.128. The van der Waals surface area contributed by atoms with E-state index < -0.39 is 6.10 Å². The lowest BCUT2D eigenvalue weighted by atomic mass is 10.2. The zero-order valence-electron chi connectivity index (χ0n) is 16.6. The Hall–Kier alpha value is -3.20. The SMILES string of the molecule is COc1ccc(CNC(=O)C2CN(c3cncc(CNC(C)=O)n3)CCO2)cc1. The molecule has 2 aromatic rings. The van der Waals surface area contributed by atoms with E-state index in [1.54, 1.807) is 19.5 Å². The fourth-order valence-electron chi connectivity index (χ4n) is 2.91. The van der Waals surface area contributed by atoms with E-state index in [9.17, 15) is 9.59 Å². The number of amides is 2. The summed E-state index contributed by atoms with van der Waals surface area (Å²) in [6, 6.07) is 7.52. The van der Waals surface area contributed by atoms with Crippen molar-refractivity contribution >= 4 is 17.6 Å². The second kappa shape index (κ2) is 9.83. The zero-order chi connectivity index (χ0) is 20.6. The van der Waals surface area contributed by atoms with Crippen LogP contribution in [0.4, 0.5) is 5.82 Å². The van der Waals surface area contributed by atoms with Crippen LogP contribution in [0.2, 0.25) is 0 Å². The fraction of sp³-hybridized carbons (Fsp3) is 0.400. The molecular formula is C20H25N5O4. The first-order valence-corrected chi connectivity index (χ1v) is 9.37. The molecule has 1 atom stereocenters. The van der Waals surface area contributed by atoms with Crippen LogP contribution in [0.5, 0.6) is 5.75 Å². The minimum atomic E-state index is -0.595. The van der Waals surface area contributed by atoms with Crippen molar-refractivity contribution in [3.05, 3.63) is 47.9 Å². The number of carbonyl (C=O) groups is 2. The average molecular weight is 399 g/mol. The van der Waals surface area contributed by atoms with Gasteiger partial charge in [-0.25, -0.2) is 4.98 Å². The molecule has 0 spiro atoms. The maximum Gasteiger partial charge on any atom is 0.251 e. The van der Waals surface area contributed by atoms with Crippen molar-refractivity contribution in [2.24, 2.45) is 0 Å². The number of hydrogen-bond donors (Lipinski definition) is 2. The highest BCUT2D eigenvalue weighted by Gasteiger charge is 2.27. The van der Waals surface area contributed by atoms with Crippen LogP contribution in [0.1, 0.15) is 18.2 Å². The Kier molecular flexibility index (Phi) is 6.96. The number of benzene rings is 1. The number of rotatable bonds is 7. The van der Waals surface area contributed by atoms with E-state index in [4.69, 9.17) is 9.47 Å². The van der Waals surface area contributed by atoms with Crippen molar-refractivity contribution < 1.29 is 19.1 Å². The van der Waals surface area contributed by atoms with Gasteiger partial charge in [0.2, 0.25) is 5.91 Å². The predicted octanol–water partition coefficient (Wildman–Crippen LogP) is 0.643. The minimum Gasteiger partial charge on any atom is -0.497 e. The number of carbonyl (C=O) groups excluding carboxylic acids is 2. The topological polar surface area (TPSA) is 106 Å². The number of methoxy groups -OCH3 is 1. The molecule has 0 saturated carbocycles. The third kappa shape index (κ3) is 5.89. The van der Waals surface area contributed by atoms with Crippen LogP contribution in [0.15, 0.2) is 36.7 Å². The molecule has 1 aromatic carbocycles. The molecule has 2 amide bonds. The van der Waals surface area contributed by atoms with Crippen LogP contribution in [0.3, 0.4) is 0 Å². The number of ether oxygens (including phenoxy) is 2. The summed E-state index contributed by atoms with van der Waals surface area (Å²) in [7, 11) is 1.61. The molecule has 9 heteroatoms. The Morgan fingerprint density at radius 1 is 1.21 bits per heavy atom. The summed E-state index contributed by atoms with van der Waals surface area (Å²) in [5.74, 6) is 1.13. The van der Waals surface area contributed by atoms with Crippen LogP contribution >= 0.6 is 0 Å². The van der Waals surface area contributed by atoms with Crippen LogP contribution < -0.4 is 20.3 Å². The lowest BCUT2D eigenvalue weighted by Gasteiger charge is -2.32. The van der Waals surface area contributed by atoms with Gasteiger partial charge in [-0.3, -0.25) is 14.6 Å². The number of aromatic nitrogens is 2. The number of hydrogen-bond acceptors (Lipinski definition) is 7. The highest BCUT2D eigenvalue weighted by Crippen LogP contribution is 2.15. The Bertz CT molecular complexity index is 843. The first-order valence-electron chi connectivity index (χ1n) is 9.37. The molecule has 9 nitrogen and oxygen atoms in total. The summed E-state index contributed by atoms with van der Waals surface area (Å²) >= 11 is 0. The molecular weight excluding hydrogens is 374 g/mol. The second-order valence-corrected chi connectivity index (χ2v) is 6.65. The molecule has 0 aliphatic carbocycles. The summed E-state index contributed by atoms with van der Waals surface area (Å²) in [5, 5.41) is 5.61. The summed E-state index contributed by atoms with van der Waals surface area (Å²) in [5.41, 5.74) is 1.63. The fourth-order valence-corrected chi connectivity index (χ4v) is 2.91. The summed E-state index contributed by atoms with van der Waals surface area (Å²) in [4.78, 5) is 34.3. The van der Waals surface area contributed by atoms with Gasteiger partial charge < -0.3 is 25.0 Å². The quantitative estimate of drug-likeness (QED) is 0.704. The van der Waals surface area contributed by atoms with Crippen molar-refractivity contribution in [3.8, 4) is 5.75 Å². The number of anilines is 1. The molecule has 1 fully saturated rings. The van der Waals surface area contributed by atoms with Gasteiger partial charge in [-0.05, 0) is 17.7 Å². The van der Waals surface area contributed by atoms with Gasteiger partial charge in [-0.15, -0.1) is 0 Å². The van der Waals surface area contributed by atoms with E-state index in [-0.39, 0.29) is 11.8 Å². The Labute approximate surface area is 169 Å². The first kappa shape index (κ1) is 20.5. The van der Waals surface area contributed by atoms with E-state index in [1.165, 1.54) is 6.92 Å². The molecule has 1 aromatic heterocycles. The van der Waals surface area contributed by atoms with Crippen molar-refractivity contribution in [2.75, 3.05) is 31.7 Å². The molecule has 29 heavy (non-hydrogen) atoms. The second-order valence-electron chi connectivity index (χ2n) is 6.65. The monoisotopic (exact) mass is 399 g/mol. The molecule has 0 bridgehead atoms. The average Bonchev–Trinajstić information content (AvgIpc) is 2.76. The van der Waals surface area contributed by atoms with Crippen molar-refractivity contribution in [1.29, 1.82) is 0 Å². The highest BCUT2D eigenvalue weighted by molar-refractivity contribution is 5.81.